The molecule has 47 heavy (non-hydrogen) atoms. The van der Waals surface area contributed by atoms with E-state index in [0.717, 1.165) is 16.1 Å². The topological polar surface area (TPSA) is 131 Å². The lowest BCUT2D eigenvalue weighted by atomic mass is 9.96. The van der Waals surface area contributed by atoms with Crippen molar-refractivity contribution in [3.05, 3.63) is 131 Å². The second-order valence-corrected chi connectivity index (χ2v) is 12.3. The van der Waals surface area contributed by atoms with Crippen molar-refractivity contribution in [3.8, 4) is 22.7 Å². The van der Waals surface area contributed by atoms with Gasteiger partial charge in [-0.1, -0.05) is 41.7 Å². The molecule has 0 N–H and O–H groups in total. The quantitative estimate of drug-likeness (QED) is 0.0897. The van der Waals surface area contributed by atoms with E-state index in [4.69, 9.17) is 14.6 Å². The van der Waals surface area contributed by atoms with Gasteiger partial charge in [-0.3, -0.25) is 19.5 Å². The fraction of sp³-hybridized carbons (Fsp3) is 0.176. The number of nitrogens with zero attached hydrogens (tertiary/aromatic N) is 5. The molecule has 3 heterocycles. The summed E-state index contributed by atoms with van der Waals surface area (Å²) in [6.45, 7) is 3.76. The summed E-state index contributed by atoms with van der Waals surface area (Å²) in [6, 6.07) is 21.0. The normalized spacial score (nSPS) is 14.5. The van der Waals surface area contributed by atoms with Crippen LogP contribution in [0.2, 0.25) is 0 Å². The van der Waals surface area contributed by atoms with Crippen LogP contribution in [0.3, 0.4) is 0 Å². The van der Waals surface area contributed by atoms with Gasteiger partial charge in [0.2, 0.25) is 0 Å². The van der Waals surface area contributed by atoms with Crippen LogP contribution in [-0.2, 0) is 9.53 Å². The summed E-state index contributed by atoms with van der Waals surface area (Å²) in [5, 5.41) is 16.7. The lowest BCUT2D eigenvalue weighted by Gasteiger charge is -2.24. The lowest BCUT2D eigenvalue weighted by molar-refractivity contribution is -0.385. The number of thioether (sulfide) groups is 1. The van der Waals surface area contributed by atoms with Gasteiger partial charge in [0.25, 0.3) is 5.56 Å². The van der Waals surface area contributed by atoms with Crippen LogP contribution in [0, 0.1) is 10.1 Å². The molecule has 6 rings (SSSR count). The molecule has 1 unspecified atom stereocenters. The Balaban J connectivity index is 1.56. The zero-order valence-corrected chi connectivity index (χ0v) is 27.5. The average molecular weight is 668 g/mol. The van der Waals surface area contributed by atoms with Gasteiger partial charge in [-0.25, -0.2) is 14.5 Å². The Morgan fingerprint density at radius 3 is 2.53 bits per heavy atom. The number of ether oxygens (including phenoxy) is 2. The van der Waals surface area contributed by atoms with Crippen LogP contribution in [0.4, 0.5) is 5.69 Å². The van der Waals surface area contributed by atoms with Crippen LogP contribution in [0.1, 0.15) is 31.0 Å². The van der Waals surface area contributed by atoms with E-state index in [2.05, 4.69) is 4.99 Å². The molecule has 0 spiro atoms. The van der Waals surface area contributed by atoms with Crippen molar-refractivity contribution < 1.29 is 19.2 Å². The fourth-order valence-corrected chi connectivity index (χ4v) is 6.90. The minimum atomic E-state index is -0.753. The second-order valence-electron chi connectivity index (χ2n) is 10.4. The summed E-state index contributed by atoms with van der Waals surface area (Å²) in [5.74, 6) is -0.413. The minimum Gasteiger partial charge on any atom is -0.487 e. The Labute approximate surface area is 277 Å². The largest absolute Gasteiger partial charge is 0.487 e. The van der Waals surface area contributed by atoms with Gasteiger partial charge in [-0.05, 0) is 68.1 Å². The van der Waals surface area contributed by atoms with Crippen molar-refractivity contribution in [2.75, 3.05) is 20.0 Å². The predicted molar refractivity (Wildman–Crippen MR) is 181 cm³/mol. The monoisotopic (exact) mass is 667 g/mol. The smallest absolute Gasteiger partial charge is 0.338 e. The van der Waals surface area contributed by atoms with Crippen LogP contribution < -0.4 is 19.6 Å². The molecular weight excluding hydrogens is 639 g/mol. The van der Waals surface area contributed by atoms with E-state index in [1.165, 1.54) is 29.1 Å². The summed E-state index contributed by atoms with van der Waals surface area (Å²) in [4.78, 5) is 44.9. The Hall–Kier alpha value is -5.27. The van der Waals surface area contributed by atoms with E-state index in [1.54, 1.807) is 54.7 Å². The number of aromatic nitrogens is 3. The molecule has 0 bridgehead atoms. The van der Waals surface area contributed by atoms with E-state index >= 15 is 0 Å². The lowest BCUT2D eigenvalue weighted by Crippen LogP contribution is -2.39. The highest BCUT2D eigenvalue weighted by molar-refractivity contribution is 7.98. The summed E-state index contributed by atoms with van der Waals surface area (Å²) < 4.78 is 14.1. The number of thiazole rings is 1. The molecule has 3 aromatic carbocycles. The van der Waals surface area contributed by atoms with Gasteiger partial charge in [-0.15, -0.1) is 11.8 Å². The molecule has 2 aromatic heterocycles. The number of benzene rings is 3. The summed E-state index contributed by atoms with van der Waals surface area (Å²) in [6.07, 6.45) is 5.45. The van der Waals surface area contributed by atoms with Gasteiger partial charge in [0.05, 0.1) is 46.2 Å². The maximum Gasteiger partial charge on any atom is 0.338 e. The third-order valence-corrected chi connectivity index (χ3v) is 9.36. The van der Waals surface area contributed by atoms with Crippen molar-refractivity contribution in [2.45, 2.75) is 24.8 Å². The number of hydrogen-bond donors (Lipinski definition) is 0. The Kier molecular flexibility index (Phi) is 8.92. The van der Waals surface area contributed by atoms with E-state index in [-0.39, 0.29) is 29.2 Å². The molecule has 13 heteroatoms. The molecule has 11 nitrogen and oxygen atoms in total. The highest BCUT2D eigenvalue weighted by atomic mass is 32.2. The van der Waals surface area contributed by atoms with Crippen LogP contribution in [0.5, 0.6) is 5.75 Å². The Morgan fingerprint density at radius 2 is 1.87 bits per heavy atom. The van der Waals surface area contributed by atoms with Gasteiger partial charge in [0.1, 0.15) is 5.69 Å². The highest BCUT2D eigenvalue weighted by Gasteiger charge is 2.33. The van der Waals surface area contributed by atoms with Gasteiger partial charge >= 0.3 is 11.7 Å². The number of hydrogen-bond acceptors (Lipinski definition) is 10. The van der Waals surface area contributed by atoms with Crippen molar-refractivity contribution in [1.82, 2.24) is 14.3 Å². The number of carbonyl (C=O) groups is 1. The van der Waals surface area contributed by atoms with E-state index in [1.807, 2.05) is 60.9 Å². The van der Waals surface area contributed by atoms with Crippen LogP contribution in [0.15, 0.2) is 105 Å². The molecule has 0 saturated carbocycles. The Bertz CT molecular complexity index is 2220. The zero-order chi connectivity index (χ0) is 33.2. The van der Waals surface area contributed by atoms with Gasteiger partial charge in [0.15, 0.2) is 10.6 Å². The number of fused-ring (bicyclic) bond motifs is 1. The van der Waals surface area contributed by atoms with Crippen molar-refractivity contribution in [2.24, 2.45) is 4.99 Å². The minimum absolute atomic E-state index is 0.154. The van der Waals surface area contributed by atoms with Crippen LogP contribution >= 0.6 is 23.1 Å². The highest BCUT2D eigenvalue weighted by Crippen LogP contribution is 2.34. The molecule has 0 amide bonds. The second kappa shape index (κ2) is 13.2. The molecule has 238 valence electrons. The van der Waals surface area contributed by atoms with Crippen LogP contribution in [0.25, 0.3) is 23.0 Å². The molecular formula is C34H29N5O6S2. The standard InChI is InChI=1S/C34H29N5O6S2/c1-5-45-27-16-13-22(17-26(27)39(42)43)30-23(19-37(36-30)24-9-7-6-8-10-24)18-28-32(40)38-31(21-11-14-25(46-4)15-12-21)29(33(41)44-3)20(2)35-34(38)47-28/h6-19,31H,5H2,1-4H3. The fourth-order valence-electron chi connectivity index (χ4n) is 5.45. The predicted octanol–water partition coefficient (Wildman–Crippen LogP) is 5.29. The van der Waals surface area contributed by atoms with Crippen LogP contribution in [-0.4, -0.2) is 45.2 Å². The maximum atomic E-state index is 14.2. The first-order chi connectivity index (χ1) is 22.7. The average Bonchev–Trinajstić information content (AvgIpc) is 3.64. The van der Waals surface area contributed by atoms with Gasteiger partial charge in [-0.2, -0.15) is 5.10 Å². The van der Waals surface area contributed by atoms with Gasteiger partial charge < -0.3 is 9.47 Å². The molecule has 1 atom stereocenters. The SMILES string of the molecule is CCOc1ccc(-c2nn(-c3ccccc3)cc2C=c2sc3n(c2=O)C(c2ccc(SC)cc2)C(C(=O)OC)=C(C)N=3)cc1[N+](=O)[O-]. The summed E-state index contributed by atoms with van der Waals surface area (Å²) in [5.41, 5.74) is 3.17. The molecule has 0 saturated heterocycles. The summed E-state index contributed by atoms with van der Waals surface area (Å²) in [7, 11) is 1.30. The van der Waals surface area contributed by atoms with Crippen molar-refractivity contribution >= 4 is 40.8 Å². The number of carbonyl (C=O) groups excluding carboxylic acids is 1. The number of nitro benzene ring substituents is 1. The maximum absolute atomic E-state index is 14.2. The zero-order valence-electron chi connectivity index (χ0n) is 25.9. The number of nitro groups is 1. The number of esters is 1. The molecule has 0 radical (unpaired) electrons. The van der Waals surface area contributed by atoms with E-state index in [0.29, 0.717) is 31.9 Å². The number of rotatable bonds is 9. The first kappa shape index (κ1) is 31.7. The van der Waals surface area contributed by atoms with Crippen molar-refractivity contribution in [1.29, 1.82) is 0 Å². The number of allylic oxidation sites excluding steroid dienone is 1. The third kappa shape index (κ3) is 6.02. The summed E-state index contributed by atoms with van der Waals surface area (Å²) >= 11 is 2.78. The van der Waals surface area contributed by atoms with E-state index in [9.17, 15) is 19.7 Å². The van der Waals surface area contributed by atoms with Gasteiger partial charge in [0, 0.05) is 28.3 Å². The molecule has 1 aliphatic rings. The first-order valence-corrected chi connectivity index (χ1v) is 16.6. The third-order valence-electron chi connectivity index (χ3n) is 7.64. The molecule has 5 aromatic rings. The molecule has 1 aliphatic heterocycles. The first-order valence-electron chi connectivity index (χ1n) is 14.6. The number of methoxy groups -OCH3 is 1. The van der Waals surface area contributed by atoms with E-state index < -0.39 is 16.9 Å². The Morgan fingerprint density at radius 1 is 1.13 bits per heavy atom. The van der Waals surface area contributed by atoms with Crippen molar-refractivity contribution in [3.63, 3.8) is 0 Å². The molecule has 0 aliphatic carbocycles. The molecule has 0 fully saturated rings. The number of para-hydroxylation sites is 1.